The van der Waals surface area contributed by atoms with Crippen molar-refractivity contribution in [2.24, 2.45) is 34.5 Å². The fourth-order valence-corrected chi connectivity index (χ4v) is 8.33. The standard InChI is InChI=1S/C21H28O7S/c1-20-6-5-12(28-29(24,25)26)7-11(20)3-4-13-14-8-17-15(9-18(23)27-17)21(14,2)10-16(22)19(13)20/h9,11-14,17,19H,3-8,10H2,1-2H3,(H,24,25,26). The second-order valence-electron chi connectivity index (χ2n) is 10.3. The monoisotopic (exact) mass is 424 g/mol. The van der Waals surface area contributed by atoms with E-state index in [4.69, 9.17) is 13.5 Å². The van der Waals surface area contributed by atoms with Crippen molar-refractivity contribution in [3.8, 4) is 0 Å². The van der Waals surface area contributed by atoms with Crippen LogP contribution in [0, 0.1) is 34.5 Å². The van der Waals surface area contributed by atoms with Crippen molar-refractivity contribution in [1.29, 1.82) is 0 Å². The Morgan fingerprint density at radius 2 is 1.93 bits per heavy atom. The Hall–Kier alpha value is -1.25. The van der Waals surface area contributed by atoms with Gasteiger partial charge in [-0.3, -0.25) is 9.35 Å². The van der Waals surface area contributed by atoms with Crippen LogP contribution in [0.4, 0.5) is 0 Å². The van der Waals surface area contributed by atoms with Crippen LogP contribution < -0.4 is 0 Å². The fraction of sp³-hybridized carbons (Fsp3) is 0.810. The van der Waals surface area contributed by atoms with Gasteiger partial charge in [0, 0.05) is 23.8 Å². The molecule has 160 valence electrons. The molecule has 0 radical (unpaired) electrons. The van der Waals surface area contributed by atoms with Crippen LogP contribution >= 0.6 is 0 Å². The van der Waals surface area contributed by atoms with Crippen molar-refractivity contribution >= 4 is 22.2 Å². The second kappa shape index (κ2) is 6.14. The average Bonchev–Trinajstić information content (AvgIpc) is 3.09. The predicted octanol–water partition coefficient (Wildman–Crippen LogP) is 2.86. The minimum absolute atomic E-state index is 0.0406. The normalized spacial score (nSPS) is 48.9. The fourth-order valence-electron chi connectivity index (χ4n) is 7.81. The molecule has 5 aliphatic rings. The van der Waals surface area contributed by atoms with E-state index in [0.717, 1.165) is 31.3 Å². The van der Waals surface area contributed by atoms with Gasteiger partial charge in [0.25, 0.3) is 0 Å². The summed E-state index contributed by atoms with van der Waals surface area (Å²) in [6.45, 7) is 4.32. The van der Waals surface area contributed by atoms with Crippen LogP contribution in [0.5, 0.6) is 0 Å². The number of carbonyl (C=O) groups excluding carboxylic acids is 2. The zero-order chi connectivity index (χ0) is 20.8. The van der Waals surface area contributed by atoms with Crippen molar-refractivity contribution in [2.45, 2.75) is 71.0 Å². The Bertz CT molecular complexity index is 908. The molecule has 0 amide bonds. The van der Waals surface area contributed by atoms with Crippen LogP contribution in [0.25, 0.3) is 0 Å². The lowest BCUT2D eigenvalue weighted by atomic mass is 9.44. The highest BCUT2D eigenvalue weighted by Gasteiger charge is 2.65. The van der Waals surface area contributed by atoms with Crippen LogP contribution in [0.3, 0.4) is 0 Å². The van der Waals surface area contributed by atoms with E-state index in [-0.39, 0.29) is 46.4 Å². The summed E-state index contributed by atoms with van der Waals surface area (Å²) in [5.74, 6) is 0.755. The summed E-state index contributed by atoms with van der Waals surface area (Å²) in [4.78, 5) is 25.2. The lowest BCUT2D eigenvalue weighted by molar-refractivity contribution is -0.157. The van der Waals surface area contributed by atoms with E-state index < -0.39 is 16.5 Å². The number of rotatable bonds is 2. The largest absolute Gasteiger partial charge is 0.455 e. The molecule has 7 nitrogen and oxygen atoms in total. The molecule has 4 fully saturated rings. The van der Waals surface area contributed by atoms with Crippen LogP contribution in [-0.2, 0) is 28.9 Å². The van der Waals surface area contributed by atoms with Crippen LogP contribution in [-0.4, -0.2) is 36.9 Å². The molecule has 0 saturated heterocycles. The second-order valence-corrected chi connectivity index (χ2v) is 11.3. The summed E-state index contributed by atoms with van der Waals surface area (Å²) < 4.78 is 41.7. The number of Topliss-reactive ketones (excluding diaryl/α,β-unsaturated/α-hetero) is 1. The number of esters is 1. The third-order valence-corrected chi connectivity index (χ3v) is 9.47. The number of ether oxygens (including phenoxy) is 1. The van der Waals surface area contributed by atoms with E-state index in [9.17, 15) is 18.0 Å². The minimum Gasteiger partial charge on any atom is -0.455 e. The van der Waals surface area contributed by atoms with Gasteiger partial charge in [-0.1, -0.05) is 13.8 Å². The summed E-state index contributed by atoms with van der Waals surface area (Å²) in [5, 5.41) is 0. The number of fused-ring (bicyclic) bond motifs is 7. The zero-order valence-corrected chi connectivity index (χ0v) is 17.6. The quantitative estimate of drug-likeness (QED) is 0.536. The van der Waals surface area contributed by atoms with E-state index in [1.54, 1.807) is 6.08 Å². The first-order valence-electron chi connectivity index (χ1n) is 10.6. The molecule has 1 N–H and O–H groups in total. The van der Waals surface area contributed by atoms with Crippen molar-refractivity contribution < 1.29 is 31.5 Å². The highest BCUT2D eigenvalue weighted by atomic mass is 32.3. The topological polar surface area (TPSA) is 107 Å². The van der Waals surface area contributed by atoms with Crippen molar-refractivity contribution in [2.75, 3.05) is 0 Å². The van der Waals surface area contributed by atoms with Crippen molar-refractivity contribution in [3.63, 3.8) is 0 Å². The van der Waals surface area contributed by atoms with Gasteiger partial charge in [0.2, 0.25) is 0 Å². The van der Waals surface area contributed by atoms with Gasteiger partial charge in [0.1, 0.15) is 11.9 Å². The Labute approximate surface area is 171 Å². The SMILES string of the molecule is CC12CC(=O)C3C(CCC4CC(OS(=O)(=O)O)CCC43C)C1CC1OC(=O)C=C12. The molecule has 8 atom stereocenters. The number of carbonyl (C=O) groups is 2. The highest BCUT2D eigenvalue weighted by Crippen LogP contribution is 2.67. The van der Waals surface area contributed by atoms with E-state index >= 15 is 0 Å². The maximum atomic E-state index is 13.5. The van der Waals surface area contributed by atoms with Crippen LogP contribution in [0.1, 0.15) is 58.8 Å². The Morgan fingerprint density at radius 1 is 1.17 bits per heavy atom. The van der Waals surface area contributed by atoms with Crippen molar-refractivity contribution in [3.05, 3.63) is 11.6 Å². The molecule has 0 aromatic carbocycles. The van der Waals surface area contributed by atoms with Crippen molar-refractivity contribution in [1.82, 2.24) is 0 Å². The van der Waals surface area contributed by atoms with Gasteiger partial charge in [-0.15, -0.1) is 0 Å². The molecule has 8 unspecified atom stereocenters. The average molecular weight is 425 g/mol. The maximum absolute atomic E-state index is 13.5. The van der Waals surface area contributed by atoms with Crippen LogP contribution in [0.2, 0.25) is 0 Å². The molecule has 29 heavy (non-hydrogen) atoms. The first kappa shape index (κ1) is 19.7. The summed E-state index contributed by atoms with van der Waals surface area (Å²) in [5.41, 5.74) is 0.545. The molecule has 0 aromatic rings. The molecule has 4 saturated carbocycles. The predicted molar refractivity (Wildman–Crippen MR) is 102 cm³/mol. The summed E-state index contributed by atoms with van der Waals surface area (Å²) in [6, 6.07) is 0. The molecule has 0 spiro atoms. The number of ketones is 1. The molecule has 1 heterocycles. The van der Waals surface area contributed by atoms with Gasteiger partial charge in [-0.2, -0.15) is 8.42 Å². The number of hydrogen-bond acceptors (Lipinski definition) is 6. The Balaban J connectivity index is 1.43. The van der Waals surface area contributed by atoms with Gasteiger partial charge in [-0.05, 0) is 67.3 Å². The molecule has 1 aliphatic heterocycles. The Kier molecular flexibility index (Phi) is 4.17. The summed E-state index contributed by atoms with van der Waals surface area (Å²) in [6.07, 6.45) is 5.82. The first-order valence-corrected chi connectivity index (χ1v) is 12.0. The molecule has 0 aromatic heterocycles. The van der Waals surface area contributed by atoms with E-state index in [1.807, 2.05) is 0 Å². The van der Waals surface area contributed by atoms with Gasteiger partial charge >= 0.3 is 16.4 Å². The molecule has 8 heteroatoms. The summed E-state index contributed by atoms with van der Waals surface area (Å²) >= 11 is 0. The molecule has 5 rings (SSSR count). The van der Waals surface area contributed by atoms with Gasteiger partial charge in [0.05, 0.1) is 6.10 Å². The lowest BCUT2D eigenvalue weighted by Gasteiger charge is -2.59. The van der Waals surface area contributed by atoms with Gasteiger partial charge in [0.15, 0.2) is 0 Å². The third kappa shape index (κ3) is 2.86. The molecular formula is C21H28O7S. The van der Waals surface area contributed by atoms with Gasteiger partial charge < -0.3 is 4.74 Å². The molecular weight excluding hydrogens is 396 g/mol. The zero-order valence-electron chi connectivity index (χ0n) is 16.8. The molecule has 4 aliphatic carbocycles. The van der Waals surface area contributed by atoms with E-state index in [0.29, 0.717) is 25.2 Å². The third-order valence-electron chi connectivity index (χ3n) is 8.96. The van der Waals surface area contributed by atoms with Gasteiger partial charge in [-0.25, -0.2) is 8.98 Å². The highest BCUT2D eigenvalue weighted by molar-refractivity contribution is 7.80. The van der Waals surface area contributed by atoms with E-state index in [1.165, 1.54) is 0 Å². The minimum atomic E-state index is -4.46. The van der Waals surface area contributed by atoms with E-state index in [2.05, 4.69) is 13.8 Å². The molecule has 0 bridgehead atoms. The smallest absolute Gasteiger partial charge is 0.397 e. The first-order chi connectivity index (χ1) is 13.5. The van der Waals surface area contributed by atoms with Crippen LogP contribution in [0.15, 0.2) is 11.6 Å². The number of hydrogen-bond donors (Lipinski definition) is 1. The lowest BCUT2D eigenvalue weighted by Crippen LogP contribution is -2.57. The Morgan fingerprint density at radius 3 is 2.66 bits per heavy atom. The maximum Gasteiger partial charge on any atom is 0.397 e. The summed E-state index contributed by atoms with van der Waals surface area (Å²) in [7, 11) is -4.46.